The largest absolute Gasteiger partial charge is 0.389 e. The Morgan fingerprint density at radius 1 is 1.21 bits per heavy atom. The molecule has 4 nitrogen and oxygen atoms in total. The first-order valence-corrected chi connectivity index (χ1v) is 9.58. The summed E-state index contributed by atoms with van der Waals surface area (Å²) in [4.78, 5) is 12.5. The summed E-state index contributed by atoms with van der Waals surface area (Å²) in [6.45, 7) is 2.80. The molecule has 0 radical (unpaired) electrons. The van der Waals surface area contributed by atoms with Crippen LogP contribution in [0.3, 0.4) is 0 Å². The van der Waals surface area contributed by atoms with Gasteiger partial charge in [0, 0.05) is 44.2 Å². The zero-order valence-electron chi connectivity index (χ0n) is 16.3. The summed E-state index contributed by atoms with van der Waals surface area (Å²) in [5.41, 5.74) is 0.148. The smallest absolute Gasteiger partial charge is 0.311 e. The van der Waals surface area contributed by atoms with Crippen molar-refractivity contribution in [2.45, 2.75) is 82.7 Å². The van der Waals surface area contributed by atoms with Gasteiger partial charge in [0.15, 0.2) is 0 Å². The topological polar surface area (TPSA) is 46.9 Å². The van der Waals surface area contributed by atoms with Crippen LogP contribution >= 0.6 is 0 Å². The summed E-state index contributed by atoms with van der Waals surface area (Å²) >= 11 is 0. The molecule has 1 amide bonds. The van der Waals surface area contributed by atoms with Gasteiger partial charge in [-0.15, -0.1) is 0 Å². The van der Waals surface area contributed by atoms with E-state index in [0.29, 0.717) is 11.5 Å². The van der Waals surface area contributed by atoms with E-state index in [-0.39, 0.29) is 31.1 Å². The molecule has 2 fully saturated rings. The average Bonchev–Trinajstić information content (AvgIpc) is 2.68. The predicted octanol–water partition coefficient (Wildman–Crippen LogP) is 5.51. The third-order valence-electron chi connectivity index (χ3n) is 5.68. The maximum atomic E-state index is 13.3. The van der Waals surface area contributed by atoms with Crippen LogP contribution < -0.4 is 5.32 Å². The Balaban J connectivity index is 1.78. The molecule has 9 heteroatoms. The summed E-state index contributed by atoms with van der Waals surface area (Å²) in [5.74, 6) is -2.96. The number of rotatable bonds is 6. The number of anilines is 1. The highest BCUT2D eigenvalue weighted by atomic mass is 19.4. The lowest BCUT2D eigenvalue weighted by atomic mass is 9.73. The normalized spacial score (nSPS) is 20.6. The molecule has 2 saturated carbocycles. The van der Waals surface area contributed by atoms with Crippen molar-refractivity contribution in [3.63, 3.8) is 0 Å². The average molecular weight is 407 g/mol. The van der Waals surface area contributed by atoms with Gasteiger partial charge < -0.3 is 5.32 Å². The van der Waals surface area contributed by atoms with E-state index in [0.717, 1.165) is 24.8 Å². The summed E-state index contributed by atoms with van der Waals surface area (Å²) in [6, 6.07) is 0. The van der Waals surface area contributed by atoms with Crippen LogP contribution in [0.15, 0.2) is 0 Å². The van der Waals surface area contributed by atoms with E-state index < -0.39 is 29.8 Å². The van der Waals surface area contributed by atoms with Crippen LogP contribution in [0, 0.1) is 5.41 Å². The maximum absolute atomic E-state index is 13.3. The molecule has 0 saturated heterocycles. The van der Waals surface area contributed by atoms with Crippen molar-refractivity contribution < 1.29 is 26.7 Å². The first-order valence-electron chi connectivity index (χ1n) is 9.58. The van der Waals surface area contributed by atoms with E-state index in [2.05, 4.69) is 10.4 Å². The van der Waals surface area contributed by atoms with Crippen molar-refractivity contribution >= 4 is 11.7 Å². The fourth-order valence-corrected chi connectivity index (χ4v) is 4.18. The van der Waals surface area contributed by atoms with E-state index >= 15 is 0 Å². The standard InChI is InChI=1S/C19H26F5N3O/c1-17(2,10-19(22,23)24)9-13(28)25-16-14(11-5-4-6-11)15(26-27(16)3)12-7-18(20,21)8-12/h11-12H,4-10H2,1-3H3,(H,25,28). The molecular weight excluding hydrogens is 381 g/mol. The summed E-state index contributed by atoms with van der Waals surface area (Å²) < 4.78 is 66.3. The summed E-state index contributed by atoms with van der Waals surface area (Å²) in [7, 11) is 1.62. The molecule has 0 aliphatic heterocycles. The summed E-state index contributed by atoms with van der Waals surface area (Å²) in [6.07, 6.45) is -3.41. The van der Waals surface area contributed by atoms with Crippen LogP contribution in [0.1, 0.15) is 81.9 Å². The van der Waals surface area contributed by atoms with Crippen molar-refractivity contribution in [2.24, 2.45) is 12.5 Å². The lowest BCUT2D eigenvalue weighted by Crippen LogP contribution is -2.34. The second-order valence-corrected chi connectivity index (χ2v) is 9.04. The first-order chi connectivity index (χ1) is 12.8. The monoisotopic (exact) mass is 407 g/mol. The first kappa shape index (κ1) is 21.0. The van der Waals surface area contributed by atoms with Crippen LogP contribution in [0.25, 0.3) is 0 Å². The number of halogens is 5. The SMILES string of the molecule is Cn1nc(C2CC(F)(F)C2)c(C2CCC2)c1NC(=O)CC(C)(C)CC(F)(F)F. The van der Waals surface area contributed by atoms with Crippen molar-refractivity contribution in [3.8, 4) is 0 Å². The molecule has 2 aliphatic rings. The zero-order chi connectivity index (χ0) is 20.9. The lowest BCUT2D eigenvalue weighted by Gasteiger charge is -2.36. The van der Waals surface area contributed by atoms with Gasteiger partial charge >= 0.3 is 6.18 Å². The highest BCUT2D eigenvalue weighted by Gasteiger charge is 2.49. The highest BCUT2D eigenvalue weighted by Crippen LogP contribution is 2.52. The van der Waals surface area contributed by atoms with E-state index in [1.54, 1.807) is 7.05 Å². The number of aryl methyl sites for hydroxylation is 1. The summed E-state index contributed by atoms with van der Waals surface area (Å²) in [5, 5.41) is 7.12. The van der Waals surface area contributed by atoms with Gasteiger partial charge in [-0.25, -0.2) is 8.78 Å². The Hall–Kier alpha value is -1.67. The zero-order valence-corrected chi connectivity index (χ0v) is 16.3. The molecular formula is C19H26F5N3O. The molecule has 0 aromatic carbocycles. The molecule has 2 aliphatic carbocycles. The Morgan fingerprint density at radius 2 is 1.82 bits per heavy atom. The van der Waals surface area contributed by atoms with Gasteiger partial charge in [-0.3, -0.25) is 9.48 Å². The number of carbonyl (C=O) groups is 1. The number of carbonyl (C=O) groups excluding carboxylic acids is 1. The van der Waals surface area contributed by atoms with Crippen molar-refractivity contribution in [1.29, 1.82) is 0 Å². The van der Waals surface area contributed by atoms with Gasteiger partial charge in [-0.2, -0.15) is 18.3 Å². The minimum Gasteiger partial charge on any atom is -0.311 e. The van der Waals surface area contributed by atoms with E-state index in [4.69, 9.17) is 0 Å². The number of nitrogens with zero attached hydrogens (tertiary/aromatic N) is 2. The molecule has 158 valence electrons. The van der Waals surface area contributed by atoms with E-state index in [1.807, 2.05) is 0 Å². The second kappa shape index (κ2) is 6.99. The molecule has 3 rings (SSSR count). The molecule has 1 aromatic heterocycles. The fraction of sp³-hybridized carbons (Fsp3) is 0.789. The molecule has 0 spiro atoms. The molecule has 0 unspecified atom stereocenters. The van der Waals surface area contributed by atoms with Crippen LogP contribution in [0.4, 0.5) is 27.8 Å². The molecule has 1 heterocycles. The Morgan fingerprint density at radius 3 is 2.29 bits per heavy atom. The number of nitrogens with one attached hydrogen (secondary N) is 1. The minimum absolute atomic E-state index is 0.149. The number of alkyl halides is 5. The third kappa shape index (κ3) is 4.66. The number of hydrogen-bond acceptors (Lipinski definition) is 2. The Kier molecular flexibility index (Phi) is 5.25. The molecule has 1 aromatic rings. The molecule has 0 atom stereocenters. The number of aromatic nitrogens is 2. The quantitative estimate of drug-likeness (QED) is 0.633. The van der Waals surface area contributed by atoms with Crippen LogP contribution in [-0.2, 0) is 11.8 Å². The molecule has 1 N–H and O–H groups in total. The molecule has 28 heavy (non-hydrogen) atoms. The van der Waals surface area contributed by atoms with Crippen molar-refractivity contribution in [1.82, 2.24) is 9.78 Å². The number of amides is 1. The van der Waals surface area contributed by atoms with Gasteiger partial charge in [0.1, 0.15) is 5.82 Å². The van der Waals surface area contributed by atoms with Crippen LogP contribution in [0.5, 0.6) is 0 Å². The van der Waals surface area contributed by atoms with Gasteiger partial charge in [0.25, 0.3) is 0 Å². The lowest BCUT2D eigenvalue weighted by molar-refractivity contribution is -0.156. The van der Waals surface area contributed by atoms with Crippen molar-refractivity contribution in [3.05, 3.63) is 11.3 Å². The fourth-order valence-electron chi connectivity index (χ4n) is 4.18. The highest BCUT2D eigenvalue weighted by molar-refractivity contribution is 5.91. The van der Waals surface area contributed by atoms with Crippen LogP contribution in [0.2, 0.25) is 0 Å². The minimum atomic E-state index is -4.35. The van der Waals surface area contributed by atoms with E-state index in [1.165, 1.54) is 18.5 Å². The van der Waals surface area contributed by atoms with Crippen LogP contribution in [-0.4, -0.2) is 27.8 Å². The Labute approximate surface area is 160 Å². The Bertz CT molecular complexity index is 741. The van der Waals surface area contributed by atoms with Crippen molar-refractivity contribution in [2.75, 3.05) is 5.32 Å². The van der Waals surface area contributed by atoms with Gasteiger partial charge in [-0.1, -0.05) is 20.3 Å². The second-order valence-electron chi connectivity index (χ2n) is 9.04. The number of hydrogen-bond donors (Lipinski definition) is 1. The van der Waals surface area contributed by atoms with Gasteiger partial charge in [-0.05, 0) is 24.2 Å². The molecule has 0 bridgehead atoms. The van der Waals surface area contributed by atoms with E-state index in [9.17, 15) is 26.7 Å². The van der Waals surface area contributed by atoms with Gasteiger partial charge in [0.05, 0.1) is 5.69 Å². The maximum Gasteiger partial charge on any atom is 0.389 e. The predicted molar refractivity (Wildman–Crippen MR) is 94.4 cm³/mol. The third-order valence-corrected chi connectivity index (χ3v) is 5.68. The van der Waals surface area contributed by atoms with Gasteiger partial charge in [0.2, 0.25) is 11.8 Å².